The molecule has 0 fully saturated rings. The van der Waals surface area contributed by atoms with Gasteiger partial charge in [-0.05, 0) is 50.1 Å². The molecule has 0 saturated carbocycles. The lowest BCUT2D eigenvalue weighted by Crippen LogP contribution is -2.10. The topological polar surface area (TPSA) is 78.0 Å². The molecule has 0 bridgehead atoms. The van der Waals surface area contributed by atoms with Gasteiger partial charge in [0.05, 0.1) is 17.9 Å². The molecule has 1 aromatic carbocycles. The van der Waals surface area contributed by atoms with Crippen molar-refractivity contribution in [2.24, 2.45) is 0 Å². The Bertz CT molecular complexity index is 1430. The van der Waals surface area contributed by atoms with Gasteiger partial charge in [0.1, 0.15) is 7.14 Å². The first-order valence-electron chi connectivity index (χ1n) is 9.71. The molecule has 0 spiro atoms. The summed E-state index contributed by atoms with van der Waals surface area (Å²) in [6.07, 6.45) is 5.80. The fourth-order valence-corrected chi connectivity index (χ4v) is 4.46. The number of fused-ring (bicyclic) bond motifs is 2. The summed E-state index contributed by atoms with van der Waals surface area (Å²) in [4.78, 5) is 9.26. The van der Waals surface area contributed by atoms with Crippen molar-refractivity contribution in [2.75, 3.05) is 13.3 Å². The first-order valence-corrected chi connectivity index (χ1v) is 12.3. The van der Waals surface area contributed by atoms with Gasteiger partial charge in [0.15, 0.2) is 5.65 Å². The highest BCUT2D eigenvalue weighted by molar-refractivity contribution is 7.70. The summed E-state index contributed by atoms with van der Waals surface area (Å²) in [7, 11) is -2.36. The number of pyridine rings is 1. The molecule has 5 rings (SSSR count). The summed E-state index contributed by atoms with van der Waals surface area (Å²) in [6, 6.07) is 15.9. The maximum atomic E-state index is 12.5. The third-order valence-corrected chi connectivity index (χ3v) is 6.87. The van der Waals surface area contributed by atoms with Gasteiger partial charge in [-0.2, -0.15) is 0 Å². The molecule has 150 valence electrons. The zero-order chi connectivity index (χ0) is 20.9. The maximum Gasteiger partial charge on any atom is 0.221 e. The molecule has 30 heavy (non-hydrogen) atoms. The average Bonchev–Trinajstić information content (AvgIpc) is 3.38. The summed E-state index contributed by atoms with van der Waals surface area (Å²) in [5, 5.41) is 9.34. The lowest BCUT2D eigenvalue weighted by molar-refractivity contribution is 0.554. The number of benzene rings is 1. The van der Waals surface area contributed by atoms with Crippen LogP contribution in [0.15, 0.2) is 67.1 Å². The first-order chi connectivity index (χ1) is 14.4. The Morgan fingerprint density at radius 1 is 1.07 bits per heavy atom. The Kier molecular flexibility index (Phi) is 4.29. The van der Waals surface area contributed by atoms with Crippen LogP contribution in [0.3, 0.4) is 0 Å². The number of nitrogens with zero attached hydrogens (tertiary/aromatic N) is 6. The monoisotopic (exact) mass is 416 g/mol. The molecule has 0 radical (unpaired) electrons. The molecule has 5 aromatic rings. The van der Waals surface area contributed by atoms with E-state index in [0.29, 0.717) is 17.0 Å². The molecule has 0 saturated heterocycles. The smallest absolute Gasteiger partial charge is 0.221 e. The van der Waals surface area contributed by atoms with E-state index in [9.17, 15) is 4.57 Å². The Labute approximate surface area is 173 Å². The number of hydrogen-bond donors (Lipinski definition) is 0. The molecule has 8 heteroatoms. The molecule has 7 nitrogen and oxygen atoms in total. The van der Waals surface area contributed by atoms with Gasteiger partial charge in [-0.15, -0.1) is 5.10 Å². The van der Waals surface area contributed by atoms with Crippen LogP contribution in [0.25, 0.3) is 28.1 Å². The van der Waals surface area contributed by atoms with E-state index in [-0.39, 0.29) is 6.04 Å². The van der Waals surface area contributed by atoms with Crippen molar-refractivity contribution in [1.82, 2.24) is 29.4 Å². The van der Waals surface area contributed by atoms with Crippen molar-refractivity contribution in [1.29, 1.82) is 0 Å². The van der Waals surface area contributed by atoms with E-state index in [0.717, 1.165) is 21.9 Å². The van der Waals surface area contributed by atoms with Gasteiger partial charge in [-0.25, -0.2) is 14.6 Å². The molecule has 0 aliphatic rings. The Morgan fingerprint density at radius 3 is 2.77 bits per heavy atom. The predicted octanol–water partition coefficient (Wildman–Crippen LogP) is 4.00. The second-order valence-electron chi connectivity index (χ2n) is 7.82. The van der Waals surface area contributed by atoms with E-state index in [1.165, 1.54) is 0 Å². The molecule has 4 aromatic heterocycles. The molecule has 1 unspecified atom stereocenters. The minimum Gasteiger partial charge on any atom is -0.324 e. The predicted molar refractivity (Wildman–Crippen MR) is 119 cm³/mol. The van der Waals surface area contributed by atoms with Crippen LogP contribution in [0.2, 0.25) is 0 Å². The van der Waals surface area contributed by atoms with Gasteiger partial charge in [0.2, 0.25) is 5.65 Å². The lowest BCUT2D eigenvalue weighted by Gasteiger charge is -2.13. The van der Waals surface area contributed by atoms with Crippen molar-refractivity contribution in [3.8, 4) is 11.3 Å². The Balaban J connectivity index is 1.58. The van der Waals surface area contributed by atoms with Crippen LogP contribution < -0.4 is 5.30 Å². The average molecular weight is 416 g/mol. The van der Waals surface area contributed by atoms with Crippen LogP contribution in [-0.2, 0) is 4.57 Å². The van der Waals surface area contributed by atoms with Crippen molar-refractivity contribution in [2.45, 2.75) is 13.0 Å². The van der Waals surface area contributed by atoms with Crippen molar-refractivity contribution in [3.05, 3.63) is 72.7 Å². The van der Waals surface area contributed by atoms with Gasteiger partial charge >= 0.3 is 0 Å². The molecule has 0 N–H and O–H groups in total. The third kappa shape index (κ3) is 3.21. The van der Waals surface area contributed by atoms with E-state index in [2.05, 4.69) is 51.0 Å². The Hall–Kier alpha value is -3.31. The van der Waals surface area contributed by atoms with Crippen molar-refractivity contribution < 1.29 is 4.57 Å². The van der Waals surface area contributed by atoms with Gasteiger partial charge in [-0.3, -0.25) is 0 Å². The van der Waals surface area contributed by atoms with E-state index in [1.54, 1.807) is 24.2 Å². The minimum absolute atomic E-state index is 0.0656. The summed E-state index contributed by atoms with van der Waals surface area (Å²) in [6.45, 7) is 5.60. The maximum absolute atomic E-state index is 12.5. The first kappa shape index (κ1) is 18.7. The fraction of sp³-hybridized carbons (Fsp3) is 0.182. The van der Waals surface area contributed by atoms with Gasteiger partial charge in [0.25, 0.3) is 0 Å². The molecular weight excluding hydrogens is 395 g/mol. The third-order valence-electron chi connectivity index (χ3n) is 5.35. The number of aromatic nitrogens is 6. The summed E-state index contributed by atoms with van der Waals surface area (Å²) >= 11 is 0. The minimum atomic E-state index is -2.36. The van der Waals surface area contributed by atoms with Gasteiger partial charge < -0.3 is 8.97 Å². The highest BCUT2D eigenvalue weighted by Gasteiger charge is 2.18. The molecular formula is C22H21N6OP. The second-order valence-corrected chi connectivity index (χ2v) is 11.0. The molecule has 0 aliphatic heterocycles. The lowest BCUT2D eigenvalue weighted by atomic mass is 10.1. The number of rotatable bonds is 4. The summed E-state index contributed by atoms with van der Waals surface area (Å²) in [5.41, 5.74) is 4.93. The number of hydrogen-bond acceptors (Lipinski definition) is 5. The van der Waals surface area contributed by atoms with Gasteiger partial charge in [-0.1, -0.05) is 29.5 Å². The molecule has 1 atom stereocenters. The van der Waals surface area contributed by atoms with Crippen LogP contribution in [0, 0.1) is 0 Å². The Morgan fingerprint density at radius 2 is 1.93 bits per heavy atom. The standard InChI is InChI=1S/C22H21N6OP/c1-15(17-9-10-18-7-5-11-27(18)14-17)28-22-21(25-26-28)23-13-20(24-22)16-6-4-8-19(12-16)30(2,3)29/h4-15H,1-3H3. The zero-order valence-electron chi connectivity index (χ0n) is 17.0. The molecule has 4 heterocycles. The summed E-state index contributed by atoms with van der Waals surface area (Å²) < 4.78 is 16.4. The summed E-state index contributed by atoms with van der Waals surface area (Å²) in [5.74, 6) is 0. The molecule has 0 aliphatic carbocycles. The highest BCUT2D eigenvalue weighted by atomic mass is 31.2. The van der Waals surface area contributed by atoms with Crippen LogP contribution in [0.5, 0.6) is 0 Å². The van der Waals surface area contributed by atoms with E-state index in [1.807, 2.05) is 36.5 Å². The second kappa shape index (κ2) is 6.89. The van der Waals surface area contributed by atoms with E-state index < -0.39 is 7.14 Å². The SMILES string of the molecule is CC(c1ccc2cccn2c1)n1nnc2ncc(-c3cccc(P(C)(C)=O)c3)nc21. The molecule has 0 amide bonds. The van der Waals surface area contributed by atoms with Crippen LogP contribution in [0.4, 0.5) is 0 Å². The zero-order valence-corrected chi connectivity index (χ0v) is 17.9. The van der Waals surface area contributed by atoms with Crippen molar-refractivity contribution >= 4 is 29.3 Å². The highest BCUT2D eigenvalue weighted by Crippen LogP contribution is 2.35. The van der Waals surface area contributed by atoms with Crippen molar-refractivity contribution in [3.63, 3.8) is 0 Å². The quantitative estimate of drug-likeness (QED) is 0.414. The fourth-order valence-electron chi connectivity index (χ4n) is 3.57. The van der Waals surface area contributed by atoms with Gasteiger partial charge in [0, 0.05) is 28.8 Å². The van der Waals surface area contributed by atoms with Crippen LogP contribution >= 0.6 is 7.14 Å². The van der Waals surface area contributed by atoms with Crippen LogP contribution in [-0.4, -0.2) is 42.7 Å². The van der Waals surface area contributed by atoms with Crippen LogP contribution in [0.1, 0.15) is 18.5 Å². The van der Waals surface area contributed by atoms with E-state index in [4.69, 9.17) is 4.98 Å². The normalized spacial score (nSPS) is 13.2. The largest absolute Gasteiger partial charge is 0.324 e. The van der Waals surface area contributed by atoms with E-state index >= 15 is 0 Å².